The average molecular weight is 155 g/mol. The number of rotatable bonds is 2. The Morgan fingerprint density at radius 2 is 2.38 bits per heavy atom. The van der Waals surface area contributed by atoms with E-state index in [4.69, 9.17) is 11.6 Å². The Labute approximate surface area is 57.2 Å². The number of halogens is 2. The van der Waals surface area contributed by atoms with Gasteiger partial charge in [-0.15, -0.1) is 11.6 Å². The molecule has 0 atom stereocenters. The molecule has 0 N–H and O–H groups in total. The molecule has 0 rings (SSSR count). The molecule has 0 radical (unpaired) electrons. The van der Waals surface area contributed by atoms with Gasteiger partial charge in [-0.25, -0.2) is 4.79 Å². The predicted molar refractivity (Wildman–Crippen MR) is 31.8 cm³/mol. The first-order valence-electron chi connectivity index (χ1n) is 1.86. The van der Waals surface area contributed by atoms with Crippen LogP contribution in [-0.2, 0) is 9.08 Å². The Morgan fingerprint density at radius 3 is 2.75 bits per heavy atom. The fourth-order valence-electron chi connectivity index (χ4n) is 0.166. The Morgan fingerprint density at radius 1 is 1.75 bits per heavy atom. The lowest BCUT2D eigenvalue weighted by Gasteiger charge is -1.80. The normalized spacial score (nSPS) is 9.75. The highest BCUT2D eigenvalue weighted by Gasteiger charge is 1.89. The molecule has 0 aromatic carbocycles. The maximum absolute atomic E-state index is 10.1. The van der Waals surface area contributed by atoms with Gasteiger partial charge >= 0.3 is 5.97 Å². The molecule has 4 heteroatoms. The first-order chi connectivity index (χ1) is 3.81. The van der Waals surface area contributed by atoms with Crippen molar-refractivity contribution in [3.8, 4) is 0 Å². The summed E-state index contributed by atoms with van der Waals surface area (Å²) in [4.78, 5) is 10.1. The van der Waals surface area contributed by atoms with E-state index in [1.54, 1.807) is 0 Å². The van der Waals surface area contributed by atoms with Crippen LogP contribution in [0.15, 0.2) is 12.2 Å². The largest absolute Gasteiger partial charge is 0.348 e. The minimum atomic E-state index is -0.604. The second-order valence-electron chi connectivity index (χ2n) is 0.953. The van der Waals surface area contributed by atoms with Crippen molar-refractivity contribution in [2.45, 2.75) is 0 Å². The van der Waals surface area contributed by atoms with Gasteiger partial charge in [-0.2, -0.15) is 0 Å². The topological polar surface area (TPSA) is 26.3 Å². The van der Waals surface area contributed by atoms with Crippen molar-refractivity contribution in [3.63, 3.8) is 0 Å². The lowest BCUT2D eigenvalue weighted by molar-refractivity contribution is -0.128. The maximum atomic E-state index is 10.1. The fourth-order valence-corrected chi connectivity index (χ4v) is 0.307. The zero-order chi connectivity index (χ0) is 6.41. The van der Waals surface area contributed by atoms with Crippen LogP contribution in [0.4, 0.5) is 0 Å². The zero-order valence-corrected chi connectivity index (χ0v) is 5.45. The summed E-state index contributed by atoms with van der Waals surface area (Å²) in [6.45, 7) is 0. The van der Waals surface area contributed by atoms with E-state index in [1.807, 2.05) is 0 Å². The van der Waals surface area contributed by atoms with E-state index < -0.39 is 5.97 Å². The van der Waals surface area contributed by atoms with Gasteiger partial charge in [0.1, 0.15) is 11.9 Å². The third-order valence-electron chi connectivity index (χ3n) is 0.419. The predicted octanol–water partition coefficient (Wildman–Crippen LogP) is 1.48. The van der Waals surface area contributed by atoms with Crippen LogP contribution in [0.3, 0.4) is 0 Å². The van der Waals surface area contributed by atoms with E-state index in [1.165, 1.54) is 6.08 Å². The Bertz CT molecular complexity index is 100. The standard InChI is InChI=1S/C4H4Cl2O2/c5-3-1-2-4(7)8-6/h1-2H,3H2/b2-1+. The van der Waals surface area contributed by atoms with Crippen molar-refractivity contribution in [3.05, 3.63) is 12.2 Å². The highest BCUT2D eigenvalue weighted by molar-refractivity contribution is 6.19. The van der Waals surface area contributed by atoms with Crippen LogP contribution in [0.25, 0.3) is 0 Å². The van der Waals surface area contributed by atoms with Crippen LogP contribution in [0.5, 0.6) is 0 Å². The smallest absolute Gasteiger partial charge is 0.344 e. The highest BCUT2D eigenvalue weighted by atomic mass is 35.5. The number of hydrogen-bond donors (Lipinski definition) is 0. The van der Waals surface area contributed by atoms with Crippen molar-refractivity contribution in [2.24, 2.45) is 0 Å². The molecule has 0 fully saturated rings. The minimum Gasteiger partial charge on any atom is -0.344 e. The summed E-state index contributed by atoms with van der Waals surface area (Å²) in [6.07, 6.45) is 2.59. The lowest BCUT2D eigenvalue weighted by atomic mass is 10.5. The Balaban J connectivity index is 3.37. The molecule has 0 aromatic heterocycles. The third-order valence-corrected chi connectivity index (χ3v) is 0.749. The Kier molecular flexibility index (Phi) is 4.81. The molecule has 0 unspecified atom stereocenters. The second-order valence-corrected chi connectivity index (χ2v) is 1.42. The number of carbonyl (C=O) groups excluding carboxylic acids is 1. The molecule has 46 valence electrons. The molecular weight excluding hydrogens is 151 g/mol. The molecule has 0 amide bonds. The van der Waals surface area contributed by atoms with Crippen molar-refractivity contribution in [1.82, 2.24) is 0 Å². The Hall–Kier alpha value is -0.210. The molecule has 2 nitrogen and oxygen atoms in total. The molecule has 0 saturated carbocycles. The van der Waals surface area contributed by atoms with Gasteiger partial charge in [0.2, 0.25) is 0 Å². The molecule has 0 spiro atoms. The van der Waals surface area contributed by atoms with Crippen molar-refractivity contribution < 1.29 is 9.08 Å². The van der Waals surface area contributed by atoms with Crippen LogP contribution in [0.2, 0.25) is 0 Å². The second kappa shape index (κ2) is 4.94. The van der Waals surface area contributed by atoms with Crippen LogP contribution in [0, 0.1) is 0 Å². The van der Waals surface area contributed by atoms with Gasteiger partial charge in [-0.05, 0) is 0 Å². The summed E-state index contributed by atoms with van der Waals surface area (Å²) < 4.78 is 3.74. The molecule has 0 aliphatic carbocycles. The van der Waals surface area contributed by atoms with E-state index >= 15 is 0 Å². The fraction of sp³-hybridized carbons (Fsp3) is 0.250. The van der Waals surface area contributed by atoms with Crippen LogP contribution < -0.4 is 0 Å². The molecule has 8 heavy (non-hydrogen) atoms. The summed E-state index contributed by atoms with van der Waals surface area (Å²) in [5.41, 5.74) is 0. The van der Waals surface area contributed by atoms with E-state index in [0.717, 1.165) is 6.08 Å². The molecule has 0 aromatic rings. The van der Waals surface area contributed by atoms with Crippen LogP contribution in [-0.4, -0.2) is 11.8 Å². The van der Waals surface area contributed by atoms with Gasteiger partial charge in [0, 0.05) is 12.0 Å². The SMILES string of the molecule is O=C(/C=C/CCl)OCl. The average Bonchev–Trinajstić information content (AvgIpc) is 1.83. The highest BCUT2D eigenvalue weighted by Crippen LogP contribution is 1.85. The van der Waals surface area contributed by atoms with Gasteiger partial charge in [-0.3, -0.25) is 0 Å². The van der Waals surface area contributed by atoms with Crippen molar-refractivity contribution in [2.75, 3.05) is 5.88 Å². The number of allylic oxidation sites excluding steroid dienone is 1. The monoisotopic (exact) mass is 154 g/mol. The number of carbonyl (C=O) groups is 1. The minimum absolute atomic E-state index is 0.284. The molecule has 0 heterocycles. The van der Waals surface area contributed by atoms with E-state index in [2.05, 4.69) is 16.2 Å². The number of alkyl halides is 1. The summed E-state index contributed by atoms with van der Waals surface area (Å²) >= 11 is 9.81. The molecular formula is C4H4Cl2O2. The van der Waals surface area contributed by atoms with Crippen molar-refractivity contribution in [1.29, 1.82) is 0 Å². The molecule has 0 aliphatic rings. The van der Waals surface area contributed by atoms with Crippen LogP contribution >= 0.6 is 23.5 Å². The van der Waals surface area contributed by atoms with Crippen LogP contribution in [0.1, 0.15) is 0 Å². The number of hydrogen-bond acceptors (Lipinski definition) is 2. The molecule has 0 saturated heterocycles. The van der Waals surface area contributed by atoms with Gasteiger partial charge in [0.05, 0.1) is 0 Å². The van der Waals surface area contributed by atoms with Gasteiger partial charge < -0.3 is 4.29 Å². The molecule has 0 bridgehead atoms. The van der Waals surface area contributed by atoms with Gasteiger partial charge in [0.15, 0.2) is 0 Å². The summed E-state index contributed by atoms with van der Waals surface area (Å²) in [7, 11) is 0. The van der Waals surface area contributed by atoms with E-state index in [-0.39, 0.29) is 5.88 Å². The summed E-state index contributed by atoms with van der Waals surface area (Å²) in [6, 6.07) is 0. The first kappa shape index (κ1) is 7.79. The zero-order valence-electron chi connectivity index (χ0n) is 3.93. The van der Waals surface area contributed by atoms with Gasteiger partial charge in [0.25, 0.3) is 0 Å². The third kappa shape index (κ3) is 3.96. The van der Waals surface area contributed by atoms with Crippen molar-refractivity contribution >= 4 is 29.4 Å². The molecule has 0 aliphatic heterocycles. The lowest BCUT2D eigenvalue weighted by Crippen LogP contribution is -1.88. The van der Waals surface area contributed by atoms with Gasteiger partial charge in [-0.1, -0.05) is 6.08 Å². The summed E-state index contributed by atoms with van der Waals surface area (Å²) in [5.74, 6) is -0.321. The first-order valence-corrected chi connectivity index (χ1v) is 2.70. The van der Waals surface area contributed by atoms with E-state index in [9.17, 15) is 4.79 Å². The maximum Gasteiger partial charge on any atom is 0.348 e. The summed E-state index contributed by atoms with van der Waals surface area (Å²) in [5, 5.41) is 0. The van der Waals surface area contributed by atoms with E-state index in [0.29, 0.717) is 0 Å². The quantitative estimate of drug-likeness (QED) is 0.445.